The third-order valence-electron chi connectivity index (χ3n) is 3.87. The molecule has 0 aliphatic carbocycles. The van der Waals surface area contributed by atoms with Crippen molar-refractivity contribution >= 4 is 28.7 Å². The van der Waals surface area contributed by atoms with E-state index in [-0.39, 0.29) is 0 Å². The Morgan fingerprint density at radius 2 is 1.95 bits per heavy atom. The maximum atomic E-state index is 5.23. The van der Waals surface area contributed by atoms with E-state index in [2.05, 4.69) is 46.7 Å². The van der Waals surface area contributed by atoms with Crippen LogP contribution in [-0.2, 0) is 4.74 Å². The molecule has 1 fully saturated rings. The van der Waals surface area contributed by atoms with Crippen LogP contribution in [0, 0.1) is 5.92 Å². The number of hydrogen-bond donors (Lipinski definition) is 2. The molecule has 0 unspecified atom stereocenters. The van der Waals surface area contributed by atoms with Crippen LogP contribution in [0.4, 0.5) is 11.4 Å². The predicted molar refractivity (Wildman–Crippen MR) is 93.2 cm³/mol. The van der Waals surface area contributed by atoms with Crippen LogP contribution in [0.15, 0.2) is 24.3 Å². The summed E-state index contributed by atoms with van der Waals surface area (Å²) in [5, 5.41) is 6.92. The van der Waals surface area contributed by atoms with E-state index in [0.29, 0.717) is 18.3 Å². The molecule has 1 aliphatic rings. The van der Waals surface area contributed by atoms with Gasteiger partial charge in [-0.2, -0.15) is 0 Å². The molecule has 0 atom stereocenters. The van der Waals surface area contributed by atoms with Crippen LogP contribution in [0.5, 0.6) is 0 Å². The van der Waals surface area contributed by atoms with E-state index in [1.54, 1.807) is 7.11 Å². The molecule has 5 heteroatoms. The highest BCUT2D eigenvalue weighted by atomic mass is 32.1. The summed E-state index contributed by atoms with van der Waals surface area (Å²) < 4.78 is 4.98. The molecule has 116 valence electrons. The zero-order valence-corrected chi connectivity index (χ0v) is 13.7. The minimum absolute atomic E-state index is 0.631. The number of thiocarbonyl (C=S) groups is 1. The van der Waals surface area contributed by atoms with Crippen LogP contribution in [0.25, 0.3) is 0 Å². The summed E-state index contributed by atoms with van der Waals surface area (Å²) in [5.74, 6) is 0.859. The fraction of sp³-hybridized carbons (Fsp3) is 0.562. The summed E-state index contributed by atoms with van der Waals surface area (Å²) in [7, 11) is 1.68. The van der Waals surface area contributed by atoms with Gasteiger partial charge in [0.25, 0.3) is 0 Å². The molecule has 2 N–H and O–H groups in total. The molecule has 0 bridgehead atoms. The average molecular weight is 307 g/mol. The van der Waals surface area contributed by atoms with Gasteiger partial charge < -0.3 is 20.3 Å². The van der Waals surface area contributed by atoms with E-state index in [4.69, 9.17) is 17.0 Å². The summed E-state index contributed by atoms with van der Waals surface area (Å²) >= 11 is 5.23. The van der Waals surface area contributed by atoms with Crippen molar-refractivity contribution in [3.63, 3.8) is 0 Å². The molecule has 1 saturated heterocycles. The number of nitrogens with one attached hydrogen (secondary N) is 2. The molecule has 4 nitrogen and oxygen atoms in total. The molecule has 0 spiro atoms. The topological polar surface area (TPSA) is 36.5 Å². The second-order valence-electron chi connectivity index (χ2n) is 5.59. The lowest BCUT2D eigenvalue weighted by molar-refractivity contribution is 0.204. The number of ether oxygens (including phenoxy) is 1. The van der Waals surface area contributed by atoms with Gasteiger partial charge in [-0.15, -0.1) is 0 Å². The largest absolute Gasteiger partial charge is 0.383 e. The van der Waals surface area contributed by atoms with E-state index in [1.165, 1.54) is 18.5 Å². The number of nitrogens with zero attached hydrogens (tertiary/aromatic N) is 1. The van der Waals surface area contributed by atoms with Crippen molar-refractivity contribution in [3.8, 4) is 0 Å². The number of hydrogen-bond acceptors (Lipinski definition) is 3. The van der Waals surface area contributed by atoms with E-state index >= 15 is 0 Å². The van der Waals surface area contributed by atoms with Crippen molar-refractivity contribution in [1.29, 1.82) is 0 Å². The van der Waals surface area contributed by atoms with Gasteiger partial charge in [0.1, 0.15) is 0 Å². The van der Waals surface area contributed by atoms with Crippen LogP contribution in [0.1, 0.15) is 19.8 Å². The van der Waals surface area contributed by atoms with Crippen molar-refractivity contribution in [3.05, 3.63) is 24.3 Å². The Kier molecular flexibility index (Phi) is 6.26. The van der Waals surface area contributed by atoms with E-state index in [9.17, 15) is 0 Å². The first-order valence-electron chi connectivity index (χ1n) is 7.58. The molecular formula is C16H25N3OS. The molecular weight excluding hydrogens is 282 g/mol. The summed E-state index contributed by atoms with van der Waals surface area (Å²) in [5.41, 5.74) is 2.31. The number of rotatable bonds is 5. The third-order valence-corrected chi connectivity index (χ3v) is 4.11. The van der Waals surface area contributed by atoms with Gasteiger partial charge >= 0.3 is 0 Å². The van der Waals surface area contributed by atoms with Crippen LogP contribution in [0.2, 0.25) is 0 Å². The lowest BCUT2D eigenvalue weighted by Gasteiger charge is -2.32. The standard InChI is InChI=1S/C16H25N3OS/c1-13-7-10-19(11-8-13)15-5-3-14(4-6-15)18-16(21)17-9-12-20-2/h3-6,13H,7-12H2,1-2H3,(H2,17,18,21). The number of piperidine rings is 1. The smallest absolute Gasteiger partial charge is 0.170 e. The van der Waals surface area contributed by atoms with Crippen LogP contribution in [0.3, 0.4) is 0 Å². The zero-order chi connectivity index (χ0) is 15.1. The van der Waals surface area contributed by atoms with Gasteiger partial charge in [-0.05, 0) is 55.2 Å². The van der Waals surface area contributed by atoms with Crippen LogP contribution in [-0.4, -0.2) is 38.5 Å². The number of anilines is 2. The first-order chi connectivity index (χ1) is 10.2. The minimum Gasteiger partial charge on any atom is -0.383 e. The van der Waals surface area contributed by atoms with Crippen molar-refractivity contribution in [2.75, 3.05) is 43.6 Å². The molecule has 0 saturated carbocycles. The normalized spacial score (nSPS) is 15.8. The maximum Gasteiger partial charge on any atom is 0.170 e. The van der Waals surface area contributed by atoms with E-state index in [1.807, 2.05) is 0 Å². The molecule has 2 rings (SSSR count). The second-order valence-corrected chi connectivity index (χ2v) is 6.00. The average Bonchev–Trinajstić information content (AvgIpc) is 2.49. The van der Waals surface area contributed by atoms with Gasteiger partial charge in [0, 0.05) is 38.1 Å². The predicted octanol–water partition coefficient (Wildman–Crippen LogP) is 2.86. The minimum atomic E-state index is 0.631. The Balaban J connectivity index is 1.83. The SMILES string of the molecule is COCCNC(=S)Nc1ccc(N2CCC(C)CC2)cc1. The molecule has 0 amide bonds. The molecule has 1 aliphatic heterocycles. The molecule has 1 aromatic rings. The Morgan fingerprint density at radius 3 is 2.57 bits per heavy atom. The Morgan fingerprint density at radius 1 is 1.29 bits per heavy atom. The summed E-state index contributed by atoms with van der Waals surface area (Å²) in [6.45, 7) is 6.01. The fourth-order valence-electron chi connectivity index (χ4n) is 2.46. The third kappa shape index (κ3) is 5.17. The molecule has 0 aromatic heterocycles. The van der Waals surface area contributed by atoms with Crippen LogP contribution < -0.4 is 15.5 Å². The highest BCUT2D eigenvalue weighted by Gasteiger charge is 2.15. The second kappa shape index (κ2) is 8.20. The monoisotopic (exact) mass is 307 g/mol. The molecule has 21 heavy (non-hydrogen) atoms. The fourth-order valence-corrected chi connectivity index (χ4v) is 2.68. The van der Waals surface area contributed by atoms with Gasteiger partial charge in [-0.1, -0.05) is 6.92 Å². The number of methoxy groups -OCH3 is 1. The highest BCUT2D eigenvalue weighted by molar-refractivity contribution is 7.80. The lowest BCUT2D eigenvalue weighted by Crippen LogP contribution is -2.33. The Bertz CT molecular complexity index is 441. The maximum absolute atomic E-state index is 5.23. The van der Waals surface area contributed by atoms with E-state index in [0.717, 1.165) is 24.7 Å². The first-order valence-corrected chi connectivity index (χ1v) is 7.98. The van der Waals surface area contributed by atoms with Crippen molar-refractivity contribution in [2.45, 2.75) is 19.8 Å². The van der Waals surface area contributed by atoms with Crippen molar-refractivity contribution in [2.24, 2.45) is 5.92 Å². The highest BCUT2D eigenvalue weighted by Crippen LogP contribution is 2.24. The van der Waals surface area contributed by atoms with Gasteiger partial charge in [-0.3, -0.25) is 0 Å². The van der Waals surface area contributed by atoms with Gasteiger partial charge in [0.05, 0.1) is 6.61 Å². The number of benzene rings is 1. The molecule has 0 radical (unpaired) electrons. The molecule has 1 heterocycles. The molecule has 1 aromatic carbocycles. The van der Waals surface area contributed by atoms with Gasteiger partial charge in [0.2, 0.25) is 0 Å². The Hall–Kier alpha value is -1.33. The lowest BCUT2D eigenvalue weighted by atomic mass is 9.99. The summed E-state index contributed by atoms with van der Waals surface area (Å²) in [6.07, 6.45) is 2.57. The summed E-state index contributed by atoms with van der Waals surface area (Å²) in [4.78, 5) is 2.46. The summed E-state index contributed by atoms with van der Waals surface area (Å²) in [6, 6.07) is 8.49. The first kappa shape index (κ1) is 16.0. The van der Waals surface area contributed by atoms with E-state index < -0.39 is 0 Å². The quantitative estimate of drug-likeness (QED) is 0.646. The van der Waals surface area contributed by atoms with Crippen molar-refractivity contribution in [1.82, 2.24) is 5.32 Å². The zero-order valence-electron chi connectivity index (χ0n) is 12.9. The van der Waals surface area contributed by atoms with Crippen LogP contribution >= 0.6 is 12.2 Å². The van der Waals surface area contributed by atoms with Gasteiger partial charge in [-0.25, -0.2) is 0 Å². The van der Waals surface area contributed by atoms with Gasteiger partial charge in [0.15, 0.2) is 5.11 Å². The van der Waals surface area contributed by atoms with Crippen molar-refractivity contribution < 1.29 is 4.74 Å². The Labute approximate surface area is 132 Å².